The van der Waals surface area contributed by atoms with Gasteiger partial charge in [0.2, 0.25) is 11.8 Å². The molecule has 3 aromatic rings. The zero-order valence-electron chi connectivity index (χ0n) is 21.0. The van der Waals surface area contributed by atoms with Gasteiger partial charge in [-0.15, -0.1) is 0 Å². The van der Waals surface area contributed by atoms with Crippen molar-refractivity contribution in [3.8, 4) is 0 Å². The summed E-state index contributed by atoms with van der Waals surface area (Å²) in [6.07, 6.45) is 0.326. The fourth-order valence-electron chi connectivity index (χ4n) is 4.32. The minimum absolute atomic E-state index is 0.0346. The van der Waals surface area contributed by atoms with Crippen molar-refractivity contribution in [2.24, 2.45) is 5.73 Å². The number of hydrogen-bond donors (Lipinski definition) is 5. The third-order valence-corrected chi connectivity index (χ3v) is 7.17. The van der Waals surface area contributed by atoms with Crippen LogP contribution in [0.5, 0.6) is 0 Å². The number of primary amides is 1. The molecule has 204 valence electrons. The molecule has 10 nitrogen and oxygen atoms in total. The number of thiol groups is 1. The number of nitrogens with one attached hydrogen (secondary N) is 3. The number of rotatable bonds is 5. The molecule has 5 rings (SSSR count). The van der Waals surface area contributed by atoms with Crippen LogP contribution < -0.4 is 21.7 Å². The van der Waals surface area contributed by atoms with E-state index in [9.17, 15) is 27.2 Å². The summed E-state index contributed by atoms with van der Waals surface area (Å²) in [5, 5.41) is 8.14. The predicted octanol–water partition coefficient (Wildman–Crippen LogP) is 3.03. The first-order valence-electron chi connectivity index (χ1n) is 12.1. The van der Waals surface area contributed by atoms with Crippen LogP contribution in [-0.4, -0.2) is 32.9 Å². The monoisotopic (exact) mass is 554 g/mol. The average Bonchev–Trinajstić information content (AvgIpc) is 2.90. The highest BCUT2D eigenvalue weighted by Gasteiger charge is 2.24. The fraction of sp³-hybridized carbons (Fsp3) is 0.222. The Bertz CT molecular complexity index is 1520. The maximum absolute atomic E-state index is 14.7. The van der Waals surface area contributed by atoms with E-state index in [0.29, 0.717) is 18.4 Å². The molecule has 0 saturated heterocycles. The molecule has 0 spiro atoms. The standard InChI is InChI=1S/C27H27FN4O6S/c1-2-15-11-17-4-3-16(15)9-10-38-27(35)31-20-6-8-23(39(36)37)19(12-20)14-30-26(34)24(17)32-22-13-18(25(29)33)5-7-21(22)28/h3-8,11-13,24,32,39H,2,9-10,14H2,1H3,(H2,29,33)(H,30,34)(H,31,35)/t24-/m1/s1. The number of anilines is 2. The molecule has 1 atom stereocenters. The Morgan fingerprint density at radius 1 is 1.10 bits per heavy atom. The second kappa shape index (κ2) is 11.9. The van der Waals surface area contributed by atoms with Crippen LogP contribution in [0.1, 0.15) is 45.6 Å². The van der Waals surface area contributed by atoms with E-state index in [2.05, 4.69) is 16.0 Å². The second-order valence-electron chi connectivity index (χ2n) is 8.85. The second-order valence-corrected chi connectivity index (χ2v) is 9.84. The topological polar surface area (TPSA) is 157 Å². The van der Waals surface area contributed by atoms with E-state index in [1.165, 1.54) is 30.3 Å². The number of carbonyl (C=O) groups excluding carboxylic acids is 3. The van der Waals surface area contributed by atoms with Crippen molar-refractivity contribution in [2.75, 3.05) is 17.2 Å². The third kappa shape index (κ3) is 6.52. The maximum Gasteiger partial charge on any atom is 0.411 e. The van der Waals surface area contributed by atoms with Gasteiger partial charge in [-0.25, -0.2) is 17.6 Å². The lowest BCUT2D eigenvalue weighted by Gasteiger charge is -2.23. The molecular weight excluding hydrogens is 527 g/mol. The number of carbonyl (C=O) groups is 3. The van der Waals surface area contributed by atoms with Crippen LogP contribution in [0.4, 0.5) is 20.6 Å². The summed E-state index contributed by atoms with van der Waals surface area (Å²) in [5.74, 6) is -2.03. The van der Waals surface area contributed by atoms with Gasteiger partial charge < -0.3 is 21.1 Å². The van der Waals surface area contributed by atoms with E-state index in [1.54, 1.807) is 12.1 Å². The molecule has 2 aliphatic heterocycles. The molecule has 3 amide bonds. The van der Waals surface area contributed by atoms with E-state index >= 15 is 0 Å². The number of nitrogens with two attached hydrogens (primary N) is 1. The first kappa shape index (κ1) is 27.6. The largest absolute Gasteiger partial charge is 0.449 e. The molecule has 39 heavy (non-hydrogen) atoms. The Hall–Kier alpha value is -4.45. The Labute approximate surface area is 225 Å². The molecule has 2 heterocycles. The van der Waals surface area contributed by atoms with Gasteiger partial charge in [0.25, 0.3) is 0 Å². The van der Waals surface area contributed by atoms with Crippen molar-refractivity contribution in [2.45, 2.75) is 37.2 Å². The summed E-state index contributed by atoms with van der Waals surface area (Å²) < 4.78 is 43.7. The quantitative estimate of drug-likeness (QED) is 0.304. The molecule has 3 aromatic carbocycles. The Balaban J connectivity index is 1.78. The van der Waals surface area contributed by atoms with E-state index in [0.717, 1.165) is 17.2 Å². The lowest BCUT2D eigenvalue weighted by Crippen LogP contribution is -2.34. The number of fused-ring (bicyclic) bond motifs is 9. The SMILES string of the molecule is CCc1cc2ccc1CCOC(=O)Nc1ccc([SH](=O)=O)c(c1)CNC(=O)[C@@H]2Nc1cc(C(N)=O)ccc1F. The lowest BCUT2D eigenvalue weighted by atomic mass is 9.95. The summed E-state index contributed by atoms with van der Waals surface area (Å²) in [6, 6.07) is 11.9. The molecular formula is C27H27FN4O6S. The highest BCUT2D eigenvalue weighted by molar-refractivity contribution is 7.72. The first-order chi connectivity index (χ1) is 18.7. The minimum atomic E-state index is -3.00. The number of ether oxygens (including phenoxy) is 1. The highest BCUT2D eigenvalue weighted by atomic mass is 32.2. The van der Waals surface area contributed by atoms with Crippen molar-refractivity contribution in [1.29, 1.82) is 0 Å². The molecule has 0 saturated carbocycles. The zero-order valence-corrected chi connectivity index (χ0v) is 21.8. The van der Waals surface area contributed by atoms with Gasteiger partial charge in [-0.3, -0.25) is 14.9 Å². The average molecular weight is 555 g/mol. The van der Waals surface area contributed by atoms with E-state index < -0.39 is 40.5 Å². The maximum atomic E-state index is 14.7. The molecule has 5 N–H and O–H groups in total. The van der Waals surface area contributed by atoms with E-state index in [-0.39, 0.29) is 40.5 Å². The molecule has 0 fully saturated rings. The lowest BCUT2D eigenvalue weighted by molar-refractivity contribution is -0.122. The number of halogens is 1. The van der Waals surface area contributed by atoms with Gasteiger partial charge in [-0.1, -0.05) is 25.1 Å². The molecule has 4 bridgehead atoms. The summed E-state index contributed by atoms with van der Waals surface area (Å²) in [6.45, 7) is 1.82. The Morgan fingerprint density at radius 2 is 1.90 bits per heavy atom. The van der Waals surface area contributed by atoms with Crippen molar-refractivity contribution in [1.82, 2.24) is 5.32 Å². The van der Waals surface area contributed by atoms with Crippen LogP contribution in [0.3, 0.4) is 0 Å². The highest BCUT2D eigenvalue weighted by Crippen LogP contribution is 2.27. The normalized spacial score (nSPS) is 15.8. The number of benzene rings is 3. The summed E-state index contributed by atoms with van der Waals surface area (Å²) in [7, 11) is -3.00. The van der Waals surface area contributed by atoms with Gasteiger partial charge in [0.05, 0.1) is 17.2 Å². The van der Waals surface area contributed by atoms with Crippen molar-refractivity contribution in [3.63, 3.8) is 0 Å². The van der Waals surface area contributed by atoms with Gasteiger partial charge in [0, 0.05) is 24.2 Å². The van der Waals surface area contributed by atoms with Crippen LogP contribution in [0, 0.1) is 5.82 Å². The summed E-state index contributed by atoms with van der Waals surface area (Å²) in [5.41, 5.74) is 8.13. The van der Waals surface area contributed by atoms with Gasteiger partial charge in [0.1, 0.15) is 11.9 Å². The number of aryl methyl sites for hydroxylation is 1. The van der Waals surface area contributed by atoms with Crippen LogP contribution >= 0.6 is 0 Å². The number of amides is 3. The van der Waals surface area contributed by atoms with Gasteiger partial charge in [-0.2, -0.15) is 0 Å². The molecule has 12 heteroatoms. The molecule has 0 unspecified atom stereocenters. The van der Waals surface area contributed by atoms with Crippen LogP contribution in [0.15, 0.2) is 59.5 Å². The van der Waals surface area contributed by atoms with Gasteiger partial charge in [0.15, 0.2) is 10.7 Å². The number of hydrogen-bond acceptors (Lipinski definition) is 7. The summed E-state index contributed by atoms with van der Waals surface area (Å²) in [4.78, 5) is 37.4. The van der Waals surface area contributed by atoms with Gasteiger partial charge >= 0.3 is 6.09 Å². The first-order valence-corrected chi connectivity index (χ1v) is 13.3. The zero-order chi connectivity index (χ0) is 28.1. The van der Waals surface area contributed by atoms with E-state index in [1.807, 2.05) is 13.0 Å². The van der Waals surface area contributed by atoms with E-state index in [4.69, 9.17) is 10.5 Å². The Morgan fingerprint density at radius 3 is 2.62 bits per heavy atom. The fourth-order valence-corrected chi connectivity index (χ4v) is 4.89. The smallest absolute Gasteiger partial charge is 0.411 e. The Kier molecular flexibility index (Phi) is 8.45. The molecule has 0 radical (unpaired) electrons. The van der Waals surface area contributed by atoms with Crippen LogP contribution in [0.25, 0.3) is 0 Å². The summed E-state index contributed by atoms with van der Waals surface area (Å²) >= 11 is 0. The van der Waals surface area contributed by atoms with Crippen molar-refractivity contribution < 1.29 is 31.9 Å². The minimum Gasteiger partial charge on any atom is -0.449 e. The molecule has 2 aliphatic rings. The third-order valence-electron chi connectivity index (χ3n) is 6.34. The van der Waals surface area contributed by atoms with Gasteiger partial charge in [-0.05, 0) is 65.1 Å². The van der Waals surface area contributed by atoms with Crippen molar-refractivity contribution >= 4 is 40.0 Å². The molecule has 0 aromatic heterocycles. The van der Waals surface area contributed by atoms with Crippen molar-refractivity contribution in [3.05, 3.63) is 88.2 Å². The van der Waals surface area contributed by atoms with Crippen LogP contribution in [-0.2, 0) is 39.6 Å². The van der Waals surface area contributed by atoms with Crippen LogP contribution in [0.2, 0.25) is 0 Å². The predicted molar refractivity (Wildman–Crippen MR) is 143 cm³/mol. The molecule has 0 aliphatic carbocycles.